The molecule has 1 amide bonds. The highest BCUT2D eigenvalue weighted by Crippen LogP contribution is 2.23. The van der Waals surface area contributed by atoms with Gasteiger partial charge in [0.25, 0.3) is 0 Å². The summed E-state index contributed by atoms with van der Waals surface area (Å²) in [6.45, 7) is -0.269. The van der Waals surface area contributed by atoms with Crippen LogP contribution < -0.4 is 10.5 Å². The number of carbonyl (C=O) groups is 2. The van der Waals surface area contributed by atoms with Crippen molar-refractivity contribution in [2.45, 2.75) is 6.54 Å². The molecule has 0 radical (unpaired) electrons. The van der Waals surface area contributed by atoms with Gasteiger partial charge in [-0.2, -0.15) is 5.10 Å². The average Bonchev–Trinajstić information content (AvgIpc) is 3.23. The fourth-order valence-electron chi connectivity index (χ4n) is 2.99. The number of nitrogens with zero attached hydrogens (tertiary/aromatic N) is 2. The molecule has 0 bridgehead atoms. The molecule has 1 N–H and O–H groups in total. The van der Waals surface area contributed by atoms with Crippen LogP contribution in [0.25, 0.3) is 21.9 Å². The van der Waals surface area contributed by atoms with Crippen LogP contribution in [0.5, 0.6) is 0 Å². The largest absolute Gasteiger partial charge is 0.548 e. The first-order valence-corrected chi connectivity index (χ1v) is 9.11. The normalized spacial score (nSPS) is 11.5. The van der Waals surface area contributed by atoms with E-state index in [9.17, 15) is 14.7 Å². The molecule has 7 nitrogen and oxygen atoms in total. The van der Waals surface area contributed by atoms with Crippen molar-refractivity contribution in [3.05, 3.63) is 70.5 Å². The number of hydrogen-bond donors (Lipinski definition) is 1. The molecular weight excluding hydrogens is 426 g/mol. The van der Waals surface area contributed by atoms with Crippen molar-refractivity contribution in [3.8, 4) is 0 Å². The summed E-state index contributed by atoms with van der Waals surface area (Å²) < 4.78 is 7.97. The predicted octanol–water partition coefficient (Wildman–Crippen LogP) is 2.66. The van der Waals surface area contributed by atoms with E-state index in [-0.39, 0.29) is 12.3 Å². The number of aromatic nitrogens is 1. The number of halogens is 1. The maximum absolute atomic E-state index is 12.3. The summed E-state index contributed by atoms with van der Waals surface area (Å²) in [7, 11) is 0. The van der Waals surface area contributed by atoms with E-state index in [1.165, 1.54) is 6.21 Å². The number of hydrogen-bond acceptors (Lipinski definition) is 5. The van der Waals surface area contributed by atoms with Gasteiger partial charge in [-0.15, -0.1) is 0 Å². The van der Waals surface area contributed by atoms with Crippen molar-refractivity contribution in [3.63, 3.8) is 0 Å². The lowest BCUT2D eigenvalue weighted by molar-refractivity contribution is -0.306. The SMILES string of the molecule is O=C([O-])Cn1cc(/C=N\NC(=O)c2cc3cc(Br)ccc3o2)c2ccccc21. The minimum Gasteiger partial charge on any atom is -0.548 e. The molecule has 0 saturated heterocycles. The summed E-state index contributed by atoms with van der Waals surface area (Å²) in [5, 5.41) is 16.5. The summed E-state index contributed by atoms with van der Waals surface area (Å²) in [6, 6.07) is 14.4. The van der Waals surface area contributed by atoms with Crippen LogP contribution in [0.15, 0.2) is 68.7 Å². The Labute approximate surface area is 167 Å². The fourth-order valence-corrected chi connectivity index (χ4v) is 3.37. The molecule has 8 heteroatoms. The molecule has 0 unspecified atom stereocenters. The molecule has 0 fully saturated rings. The lowest BCUT2D eigenvalue weighted by Crippen LogP contribution is -2.27. The molecule has 0 aliphatic carbocycles. The number of amides is 1. The van der Waals surface area contributed by atoms with Gasteiger partial charge in [0.2, 0.25) is 0 Å². The second kappa shape index (κ2) is 7.32. The van der Waals surface area contributed by atoms with Crippen molar-refractivity contribution in [2.24, 2.45) is 5.10 Å². The number of benzene rings is 2. The highest BCUT2D eigenvalue weighted by molar-refractivity contribution is 9.10. The van der Waals surface area contributed by atoms with Crippen LogP contribution in [0.3, 0.4) is 0 Å². The zero-order valence-electron chi connectivity index (χ0n) is 14.4. The first kappa shape index (κ1) is 18.0. The molecule has 2 aromatic heterocycles. The monoisotopic (exact) mass is 438 g/mol. The Hall–Kier alpha value is -3.39. The zero-order valence-corrected chi connectivity index (χ0v) is 16.0. The number of furan rings is 1. The van der Waals surface area contributed by atoms with Gasteiger partial charge in [-0.05, 0) is 30.3 Å². The zero-order chi connectivity index (χ0) is 19.7. The van der Waals surface area contributed by atoms with E-state index < -0.39 is 11.9 Å². The minimum atomic E-state index is -1.19. The van der Waals surface area contributed by atoms with Crippen molar-refractivity contribution in [1.29, 1.82) is 0 Å². The molecule has 2 heterocycles. The van der Waals surface area contributed by atoms with E-state index in [1.807, 2.05) is 30.3 Å². The Morgan fingerprint density at radius 3 is 2.86 bits per heavy atom. The highest BCUT2D eigenvalue weighted by Gasteiger charge is 2.12. The summed E-state index contributed by atoms with van der Waals surface area (Å²) in [6.07, 6.45) is 3.11. The third-order valence-electron chi connectivity index (χ3n) is 4.19. The van der Waals surface area contributed by atoms with Crippen LogP contribution >= 0.6 is 15.9 Å². The van der Waals surface area contributed by atoms with Gasteiger partial charge in [-0.25, -0.2) is 5.43 Å². The van der Waals surface area contributed by atoms with Crippen molar-refractivity contribution >= 4 is 55.9 Å². The van der Waals surface area contributed by atoms with E-state index in [1.54, 1.807) is 29.0 Å². The number of hydrazone groups is 1. The number of para-hydroxylation sites is 1. The van der Waals surface area contributed by atoms with Gasteiger partial charge in [0.05, 0.1) is 18.7 Å². The van der Waals surface area contributed by atoms with Crippen molar-refractivity contribution in [1.82, 2.24) is 9.99 Å². The van der Waals surface area contributed by atoms with E-state index in [2.05, 4.69) is 26.5 Å². The van der Waals surface area contributed by atoms with Gasteiger partial charge in [0, 0.05) is 32.5 Å². The van der Waals surface area contributed by atoms with Crippen LogP contribution in [0.2, 0.25) is 0 Å². The first-order valence-electron chi connectivity index (χ1n) is 8.31. The number of carboxylic acid groups (broad SMARTS) is 1. The van der Waals surface area contributed by atoms with Crippen molar-refractivity contribution in [2.75, 3.05) is 0 Å². The third kappa shape index (κ3) is 3.54. The van der Waals surface area contributed by atoms with E-state index in [4.69, 9.17) is 4.42 Å². The lowest BCUT2D eigenvalue weighted by Gasteiger charge is -2.04. The Balaban J connectivity index is 1.55. The number of rotatable bonds is 5. The predicted molar refractivity (Wildman–Crippen MR) is 106 cm³/mol. The van der Waals surface area contributed by atoms with E-state index in [0.29, 0.717) is 11.1 Å². The highest BCUT2D eigenvalue weighted by atomic mass is 79.9. The average molecular weight is 439 g/mol. The minimum absolute atomic E-state index is 0.143. The second-order valence-corrected chi connectivity index (χ2v) is 7.01. The summed E-state index contributed by atoms with van der Waals surface area (Å²) in [5.74, 6) is -1.53. The number of nitrogens with one attached hydrogen (secondary N) is 1. The van der Waals surface area contributed by atoms with Crippen LogP contribution in [0, 0.1) is 0 Å². The smallest absolute Gasteiger partial charge is 0.307 e. The van der Waals surface area contributed by atoms with Crippen molar-refractivity contribution < 1.29 is 19.1 Å². The number of carboxylic acids is 1. The Bertz CT molecular complexity index is 1240. The molecule has 140 valence electrons. The third-order valence-corrected chi connectivity index (χ3v) is 4.68. The lowest BCUT2D eigenvalue weighted by atomic mass is 10.2. The maximum atomic E-state index is 12.3. The maximum Gasteiger partial charge on any atom is 0.307 e. The quantitative estimate of drug-likeness (QED) is 0.382. The summed E-state index contributed by atoms with van der Waals surface area (Å²) >= 11 is 3.37. The van der Waals surface area contributed by atoms with Crippen LogP contribution in [0.4, 0.5) is 0 Å². The summed E-state index contributed by atoms with van der Waals surface area (Å²) in [4.78, 5) is 23.2. The van der Waals surface area contributed by atoms with Crippen LogP contribution in [0.1, 0.15) is 16.1 Å². The molecule has 0 aliphatic rings. The second-order valence-electron chi connectivity index (χ2n) is 6.09. The Kier molecular flexibility index (Phi) is 4.70. The molecule has 4 aromatic rings. The molecule has 4 rings (SSSR count). The van der Waals surface area contributed by atoms with Gasteiger partial charge in [0.1, 0.15) is 5.58 Å². The van der Waals surface area contributed by atoms with E-state index in [0.717, 1.165) is 20.8 Å². The van der Waals surface area contributed by atoms with E-state index >= 15 is 0 Å². The number of carbonyl (C=O) groups excluding carboxylic acids is 2. The topological polar surface area (TPSA) is 99.7 Å². The molecule has 0 saturated carbocycles. The van der Waals surface area contributed by atoms with Gasteiger partial charge >= 0.3 is 5.91 Å². The fraction of sp³-hybridized carbons (Fsp3) is 0.0500. The number of aliphatic carboxylic acids is 1. The van der Waals surface area contributed by atoms with Crippen LogP contribution in [-0.4, -0.2) is 22.7 Å². The Morgan fingerprint density at radius 1 is 1.21 bits per heavy atom. The van der Waals surface area contributed by atoms with Gasteiger partial charge in [-0.1, -0.05) is 34.1 Å². The number of fused-ring (bicyclic) bond motifs is 2. The first-order chi connectivity index (χ1) is 13.5. The van der Waals surface area contributed by atoms with Crippen LogP contribution in [-0.2, 0) is 11.3 Å². The molecular formula is C20H13BrN3O4-. The van der Waals surface area contributed by atoms with Gasteiger partial charge < -0.3 is 18.9 Å². The molecule has 0 spiro atoms. The Morgan fingerprint density at radius 2 is 2.04 bits per heavy atom. The van der Waals surface area contributed by atoms with Gasteiger partial charge in [0.15, 0.2) is 5.76 Å². The molecule has 2 aromatic carbocycles. The molecule has 0 atom stereocenters. The summed E-state index contributed by atoms with van der Waals surface area (Å²) in [5.41, 5.74) is 4.43. The standard InChI is InChI=1S/C20H14BrN3O4/c21-14-5-6-17-12(7-14)8-18(28-17)20(27)23-22-9-13-10-24(11-19(25)26)16-4-2-1-3-15(13)16/h1-10H,11H2,(H,23,27)(H,25,26)/p-1/b22-9-. The molecule has 0 aliphatic heterocycles. The van der Waals surface area contributed by atoms with Gasteiger partial charge in [-0.3, -0.25) is 4.79 Å². The molecule has 28 heavy (non-hydrogen) atoms.